The van der Waals surface area contributed by atoms with E-state index in [1.807, 2.05) is 67.0 Å². The van der Waals surface area contributed by atoms with E-state index in [4.69, 9.17) is 17.0 Å². The molecule has 0 bridgehead atoms. The number of esters is 1. The normalized spacial score (nSPS) is 16.9. The summed E-state index contributed by atoms with van der Waals surface area (Å²) in [6, 6.07) is 27.6. The maximum absolute atomic E-state index is 11.9. The average molecular weight is 512 g/mol. The van der Waals surface area contributed by atoms with Gasteiger partial charge < -0.3 is 24.8 Å². The number of carbonyl (C=O) groups excluding carboxylic acids is 1. The fourth-order valence-corrected chi connectivity index (χ4v) is 5.08. The molecule has 2 aromatic carbocycles. The van der Waals surface area contributed by atoms with E-state index in [0.29, 0.717) is 10.7 Å². The molecule has 2 N–H and O–H groups in total. The number of nitrogens with one attached hydrogen (secondary N) is 2. The lowest BCUT2D eigenvalue weighted by Gasteiger charge is -2.29. The van der Waals surface area contributed by atoms with E-state index in [1.54, 1.807) is 12.1 Å². The van der Waals surface area contributed by atoms with Crippen LogP contribution in [-0.2, 0) is 4.74 Å². The lowest BCUT2D eigenvalue weighted by molar-refractivity contribution is 0.0600. The molecule has 2 atom stereocenters. The number of thiocarbonyl (C=S) groups is 1. The van der Waals surface area contributed by atoms with Gasteiger partial charge in [-0.05, 0) is 79.3 Å². The minimum atomic E-state index is -0.352. The molecule has 0 radical (unpaired) electrons. The molecule has 1 saturated heterocycles. The zero-order valence-corrected chi connectivity index (χ0v) is 21.4. The number of methoxy groups -OCH3 is 1. The standard InChI is InChI=1S/C29H29N5O2S/c1-36-28(35)21-13-15-23(16-14-21)33-19-7-12-25(33)27-26(24-11-5-6-17-31-24)32-29(37)34(27)20-8-18-30-22-9-3-2-4-10-22/h2-7,9-17,19,26-27,30H,8,18,20H2,1H3,(H,32,37)/t26-,27-/m1/s1. The maximum atomic E-state index is 11.9. The summed E-state index contributed by atoms with van der Waals surface area (Å²) in [4.78, 5) is 18.8. The predicted molar refractivity (Wildman–Crippen MR) is 149 cm³/mol. The number of benzene rings is 2. The number of pyridine rings is 1. The number of rotatable bonds is 9. The molecule has 5 rings (SSSR count). The Hall–Kier alpha value is -4.17. The van der Waals surface area contributed by atoms with Crippen LogP contribution in [0.3, 0.4) is 0 Å². The van der Waals surface area contributed by atoms with E-state index in [1.165, 1.54) is 7.11 Å². The minimum Gasteiger partial charge on any atom is -0.465 e. The molecule has 1 aliphatic rings. The van der Waals surface area contributed by atoms with Gasteiger partial charge in [-0.1, -0.05) is 24.3 Å². The quantitative estimate of drug-likeness (QED) is 0.183. The summed E-state index contributed by atoms with van der Waals surface area (Å²) < 4.78 is 6.99. The van der Waals surface area contributed by atoms with Gasteiger partial charge in [0.2, 0.25) is 0 Å². The molecule has 188 valence electrons. The van der Waals surface area contributed by atoms with Crippen molar-refractivity contribution in [2.24, 2.45) is 0 Å². The third-order valence-electron chi connectivity index (χ3n) is 6.53. The molecule has 0 aliphatic carbocycles. The Morgan fingerprint density at radius 2 is 1.81 bits per heavy atom. The molecule has 0 saturated carbocycles. The highest BCUT2D eigenvalue weighted by Crippen LogP contribution is 2.39. The lowest BCUT2D eigenvalue weighted by Crippen LogP contribution is -2.32. The number of para-hydroxylation sites is 1. The molecule has 4 aromatic rings. The molecule has 37 heavy (non-hydrogen) atoms. The molecule has 2 aromatic heterocycles. The number of anilines is 1. The van der Waals surface area contributed by atoms with Crippen LogP contribution in [-0.4, -0.2) is 45.7 Å². The van der Waals surface area contributed by atoms with E-state index in [9.17, 15) is 4.79 Å². The first-order valence-electron chi connectivity index (χ1n) is 12.3. The SMILES string of the molecule is COC(=O)c1ccc(-n2cccc2[C@@H]2[C@@H](c3ccccn3)NC(=S)N2CCCNc2ccccc2)cc1. The van der Waals surface area contributed by atoms with E-state index in [2.05, 4.69) is 43.3 Å². The van der Waals surface area contributed by atoms with Crippen molar-refractivity contribution in [2.45, 2.75) is 18.5 Å². The number of hydrogen-bond acceptors (Lipinski definition) is 5. The molecule has 8 heteroatoms. The molecule has 1 fully saturated rings. The maximum Gasteiger partial charge on any atom is 0.337 e. The van der Waals surface area contributed by atoms with Gasteiger partial charge in [-0.3, -0.25) is 4.98 Å². The molecule has 0 amide bonds. The average Bonchev–Trinajstić information content (AvgIpc) is 3.56. The first kappa shape index (κ1) is 24.5. The Balaban J connectivity index is 1.42. The summed E-state index contributed by atoms with van der Waals surface area (Å²) in [6.45, 7) is 1.62. The van der Waals surface area contributed by atoms with Crippen LogP contribution >= 0.6 is 12.2 Å². The summed E-state index contributed by atoms with van der Waals surface area (Å²) >= 11 is 5.84. The molecule has 3 heterocycles. The van der Waals surface area contributed by atoms with E-state index in [0.717, 1.165) is 42.3 Å². The molecular formula is C29H29N5O2S. The van der Waals surface area contributed by atoms with E-state index < -0.39 is 0 Å². The lowest BCUT2D eigenvalue weighted by atomic mass is 10.0. The van der Waals surface area contributed by atoms with Crippen LogP contribution in [0.2, 0.25) is 0 Å². The van der Waals surface area contributed by atoms with Crippen molar-refractivity contribution >= 4 is 29.0 Å². The second-order valence-corrected chi connectivity index (χ2v) is 9.19. The fraction of sp³-hybridized carbons (Fsp3) is 0.207. The number of nitrogens with zero attached hydrogens (tertiary/aromatic N) is 3. The number of aromatic nitrogens is 2. The Labute approximate surface area is 222 Å². The summed E-state index contributed by atoms with van der Waals surface area (Å²) in [7, 11) is 1.39. The van der Waals surface area contributed by atoms with E-state index >= 15 is 0 Å². The van der Waals surface area contributed by atoms with Crippen LogP contribution < -0.4 is 10.6 Å². The Morgan fingerprint density at radius 1 is 1.03 bits per heavy atom. The van der Waals surface area contributed by atoms with Gasteiger partial charge >= 0.3 is 5.97 Å². The first-order valence-corrected chi connectivity index (χ1v) is 12.7. The molecular weight excluding hydrogens is 482 g/mol. The van der Waals surface area contributed by atoms with Gasteiger partial charge in [-0.15, -0.1) is 0 Å². The van der Waals surface area contributed by atoms with Crippen molar-refractivity contribution in [3.05, 3.63) is 114 Å². The van der Waals surface area contributed by atoms with Gasteiger partial charge in [0.05, 0.1) is 30.5 Å². The molecule has 7 nitrogen and oxygen atoms in total. The zero-order valence-electron chi connectivity index (χ0n) is 20.6. The third kappa shape index (κ3) is 5.34. The first-order chi connectivity index (χ1) is 18.2. The van der Waals surface area contributed by atoms with Crippen molar-refractivity contribution < 1.29 is 9.53 Å². The van der Waals surface area contributed by atoms with Crippen molar-refractivity contribution in [3.8, 4) is 5.69 Å². The van der Waals surface area contributed by atoms with Gasteiger partial charge in [0.25, 0.3) is 0 Å². The zero-order chi connectivity index (χ0) is 25.6. The van der Waals surface area contributed by atoms with Crippen molar-refractivity contribution in [2.75, 3.05) is 25.5 Å². The Kier molecular flexibility index (Phi) is 7.46. The number of hydrogen-bond donors (Lipinski definition) is 2. The summed E-state index contributed by atoms with van der Waals surface area (Å²) in [5.41, 5.74) is 4.61. The van der Waals surface area contributed by atoms with Crippen molar-refractivity contribution in [1.29, 1.82) is 0 Å². The van der Waals surface area contributed by atoms with Crippen LogP contribution in [0.4, 0.5) is 5.69 Å². The largest absolute Gasteiger partial charge is 0.465 e. The third-order valence-corrected chi connectivity index (χ3v) is 6.88. The highest BCUT2D eigenvalue weighted by Gasteiger charge is 2.40. The second kappa shape index (κ2) is 11.3. The summed E-state index contributed by atoms with van der Waals surface area (Å²) in [6.07, 6.45) is 4.76. The fourth-order valence-electron chi connectivity index (χ4n) is 4.75. The number of carbonyl (C=O) groups is 1. The predicted octanol–water partition coefficient (Wildman–Crippen LogP) is 5.13. The summed E-state index contributed by atoms with van der Waals surface area (Å²) in [5.74, 6) is -0.352. The highest BCUT2D eigenvalue weighted by molar-refractivity contribution is 7.80. The van der Waals surface area contributed by atoms with Crippen LogP contribution in [0.5, 0.6) is 0 Å². The van der Waals surface area contributed by atoms with Gasteiger partial charge in [-0.2, -0.15) is 0 Å². The van der Waals surface area contributed by atoms with Gasteiger partial charge in [0, 0.05) is 42.6 Å². The van der Waals surface area contributed by atoms with Crippen LogP contribution in [0.15, 0.2) is 97.3 Å². The second-order valence-electron chi connectivity index (χ2n) is 8.81. The summed E-state index contributed by atoms with van der Waals surface area (Å²) in [5, 5.41) is 7.73. The Morgan fingerprint density at radius 3 is 2.54 bits per heavy atom. The van der Waals surface area contributed by atoms with Gasteiger partial charge in [-0.25, -0.2) is 4.79 Å². The Bertz CT molecular complexity index is 1340. The molecule has 0 unspecified atom stereocenters. The van der Waals surface area contributed by atoms with Gasteiger partial charge in [0.15, 0.2) is 5.11 Å². The van der Waals surface area contributed by atoms with Crippen molar-refractivity contribution in [1.82, 2.24) is 19.8 Å². The molecule has 1 aliphatic heterocycles. The smallest absolute Gasteiger partial charge is 0.337 e. The van der Waals surface area contributed by atoms with Crippen LogP contribution in [0, 0.1) is 0 Å². The monoisotopic (exact) mass is 511 g/mol. The highest BCUT2D eigenvalue weighted by atomic mass is 32.1. The van der Waals surface area contributed by atoms with Gasteiger partial charge in [0.1, 0.15) is 0 Å². The van der Waals surface area contributed by atoms with E-state index in [-0.39, 0.29) is 18.1 Å². The van der Waals surface area contributed by atoms with Crippen LogP contribution in [0.1, 0.15) is 40.3 Å². The topological polar surface area (TPSA) is 71.4 Å². The number of ether oxygens (including phenoxy) is 1. The van der Waals surface area contributed by atoms with Crippen LogP contribution in [0.25, 0.3) is 5.69 Å². The minimum absolute atomic E-state index is 0.0607. The molecule has 0 spiro atoms. The van der Waals surface area contributed by atoms with Crippen molar-refractivity contribution in [3.63, 3.8) is 0 Å².